The number of amides is 1. The van der Waals surface area contributed by atoms with Crippen molar-refractivity contribution in [2.24, 2.45) is 0 Å². The van der Waals surface area contributed by atoms with E-state index >= 15 is 0 Å². The summed E-state index contributed by atoms with van der Waals surface area (Å²) < 4.78 is 26.2. The lowest BCUT2D eigenvalue weighted by Crippen LogP contribution is -2.23. The molecule has 0 saturated heterocycles. The Bertz CT molecular complexity index is 703. The highest BCUT2D eigenvalue weighted by Crippen LogP contribution is 2.28. The third-order valence-electron chi connectivity index (χ3n) is 3.41. The molecule has 0 radical (unpaired) electrons. The Morgan fingerprint density at radius 1 is 1.04 bits per heavy atom. The van der Waals surface area contributed by atoms with E-state index in [4.69, 9.17) is 0 Å². The number of carbonyl (C=O) groups is 1. The van der Waals surface area contributed by atoms with Gasteiger partial charge in [-0.25, -0.2) is 8.78 Å². The van der Waals surface area contributed by atoms with E-state index in [9.17, 15) is 13.6 Å². The van der Waals surface area contributed by atoms with Gasteiger partial charge in [-0.3, -0.25) is 4.79 Å². The van der Waals surface area contributed by atoms with Crippen LogP contribution in [0.5, 0.6) is 0 Å². The molecule has 2 aromatic carbocycles. The minimum absolute atomic E-state index is 0.173. The quantitative estimate of drug-likeness (QED) is 0.760. The minimum atomic E-state index is -0.909. The summed E-state index contributed by atoms with van der Waals surface area (Å²) in [6, 6.07) is 11.3. The van der Waals surface area contributed by atoms with Crippen molar-refractivity contribution in [3.63, 3.8) is 0 Å². The average Bonchev–Trinajstić information content (AvgIpc) is 2.51. The predicted octanol–water partition coefficient (Wildman–Crippen LogP) is 5.21. The molecule has 23 heavy (non-hydrogen) atoms. The molecule has 1 unspecified atom stereocenters. The lowest BCUT2D eigenvalue weighted by Gasteiger charge is -2.16. The molecule has 2 nitrogen and oxygen atoms in total. The van der Waals surface area contributed by atoms with Crippen LogP contribution in [-0.2, 0) is 4.79 Å². The highest BCUT2D eigenvalue weighted by molar-refractivity contribution is 8.00. The Labute approximate surface area is 139 Å². The van der Waals surface area contributed by atoms with E-state index in [1.54, 1.807) is 6.92 Å². The van der Waals surface area contributed by atoms with Gasteiger partial charge in [0.25, 0.3) is 0 Å². The van der Waals surface area contributed by atoms with Gasteiger partial charge in [-0.2, -0.15) is 0 Å². The van der Waals surface area contributed by atoms with E-state index in [1.807, 2.05) is 24.3 Å². The number of nitrogens with one attached hydrogen (secondary N) is 1. The maximum Gasteiger partial charge on any atom is 0.237 e. The topological polar surface area (TPSA) is 29.1 Å². The number of anilines is 1. The van der Waals surface area contributed by atoms with Crippen molar-refractivity contribution in [3.05, 3.63) is 59.7 Å². The summed E-state index contributed by atoms with van der Waals surface area (Å²) in [5, 5.41) is 2.48. The molecular formula is C18H19F2NOS. The van der Waals surface area contributed by atoms with Crippen LogP contribution in [0.2, 0.25) is 0 Å². The molecule has 5 heteroatoms. The standard InChI is InChI=1S/C18H19F2NOS/c1-11(2)14-6-4-5-7-17(14)21-18(22)12(3)23-13-8-9-15(19)16(20)10-13/h4-12H,1-3H3,(H,21,22). The molecule has 0 aliphatic carbocycles. The van der Waals surface area contributed by atoms with Gasteiger partial charge in [0.15, 0.2) is 11.6 Å². The van der Waals surface area contributed by atoms with E-state index in [0.717, 1.165) is 23.4 Å². The Kier molecular flexibility index (Phi) is 5.77. The van der Waals surface area contributed by atoms with Crippen LogP contribution < -0.4 is 5.32 Å². The molecular weight excluding hydrogens is 316 g/mol. The minimum Gasteiger partial charge on any atom is -0.325 e. The van der Waals surface area contributed by atoms with Gasteiger partial charge in [-0.15, -0.1) is 11.8 Å². The second-order valence-electron chi connectivity index (χ2n) is 5.57. The number of hydrogen-bond acceptors (Lipinski definition) is 2. The van der Waals surface area contributed by atoms with Crippen LogP contribution in [-0.4, -0.2) is 11.2 Å². The van der Waals surface area contributed by atoms with Crippen molar-refractivity contribution in [2.45, 2.75) is 36.8 Å². The lowest BCUT2D eigenvalue weighted by atomic mass is 10.0. The summed E-state index contributed by atoms with van der Waals surface area (Å²) in [4.78, 5) is 12.9. The Morgan fingerprint density at radius 3 is 2.39 bits per heavy atom. The van der Waals surface area contributed by atoms with Crippen LogP contribution in [0.3, 0.4) is 0 Å². The van der Waals surface area contributed by atoms with Crippen molar-refractivity contribution in [2.75, 3.05) is 5.32 Å². The van der Waals surface area contributed by atoms with Gasteiger partial charge in [0.2, 0.25) is 5.91 Å². The van der Waals surface area contributed by atoms with Crippen molar-refractivity contribution in [1.29, 1.82) is 0 Å². The molecule has 2 aromatic rings. The monoisotopic (exact) mass is 335 g/mol. The molecule has 0 bridgehead atoms. The summed E-state index contributed by atoms with van der Waals surface area (Å²) in [5.74, 6) is -1.68. The van der Waals surface area contributed by atoms with Crippen molar-refractivity contribution in [3.8, 4) is 0 Å². The largest absolute Gasteiger partial charge is 0.325 e. The first-order chi connectivity index (χ1) is 10.9. The van der Waals surface area contributed by atoms with E-state index < -0.39 is 16.9 Å². The molecule has 1 amide bonds. The van der Waals surface area contributed by atoms with Crippen LogP contribution in [0.4, 0.5) is 14.5 Å². The van der Waals surface area contributed by atoms with Gasteiger partial charge >= 0.3 is 0 Å². The smallest absolute Gasteiger partial charge is 0.237 e. The summed E-state index contributed by atoms with van der Waals surface area (Å²) >= 11 is 1.19. The normalized spacial score (nSPS) is 12.3. The zero-order valence-corrected chi connectivity index (χ0v) is 14.1. The lowest BCUT2D eigenvalue weighted by molar-refractivity contribution is -0.115. The SMILES string of the molecule is CC(Sc1ccc(F)c(F)c1)C(=O)Nc1ccccc1C(C)C. The molecule has 122 valence electrons. The second-order valence-corrected chi connectivity index (χ2v) is 6.98. The maximum absolute atomic E-state index is 13.2. The van der Waals surface area contributed by atoms with Gasteiger partial charge in [0.05, 0.1) is 5.25 Å². The number of rotatable bonds is 5. The molecule has 0 fully saturated rings. The maximum atomic E-state index is 13.2. The Balaban J connectivity index is 2.07. The molecule has 0 saturated carbocycles. The first-order valence-corrected chi connectivity index (χ1v) is 8.28. The Morgan fingerprint density at radius 2 is 1.74 bits per heavy atom. The number of thioether (sulfide) groups is 1. The zero-order chi connectivity index (χ0) is 17.0. The Hall–Kier alpha value is -1.88. The van der Waals surface area contributed by atoms with Crippen molar-refractivity contribution < 1.29 is 13.6 Å². The molecule has 0 aromatic heterocycles. The molecule has 2 rings (SSSR count). The molecule has 0 aliphatic heterocycles. The summed E-state index contributed by atoms with van der Waals surface area (Å²) in [6.07, 6.45) is 0. The third kappa shape index (κ3) is 4.55. The van der Waals surface area contributed by atoms with Gasteiger partial charge in [0.1, 0.15) is 0 Å². The van der Waals surface area contributed by atoms with E-state index in [0.29, 0.717) is 10.8 Å². The fourth-order valence-electron chi connectivity index (χ4n) is 2.16. The summed E-state index contributed by atoms with van der Waals surface area (Å²) in [6.45, 7) is 5.86. The summed E-state index contributed by atoms with van der Waals surface area (Å²) in [5.41, 5.74) is 1.84. The molecule has 0 aliphatic rings. The van der Waals surface area contributed by atoms with Crippen LogP contribution >= 0.6 is 11.8 Å². The first kappa shape index (κ1) is 17.5. The molecule has 1 atom stereocenters. The van der Waals surface area contributed by atoms with Gasteiger partial charge < -0.3 is 5.32 Å². The number of carbonyl (C=O) groups excluding carboxylic acids is 1. The average molecular weight is 335 g/mol. The fourth-order valence-corrected chi connectivity index (χ4v) is 3.05. The summed E-state index contributed by atoms with van der Waals surface area (Å²) in [7, 11) is 0. The fraction of sp³-hybridized carbons (Fsp3) is 0.278. The highest BCUT2D eigenvalue weighted by atomic mass is 32.2. The zero-order valence-electron chi connectivity index (χ0n) is 13.3. The van der Waals surface area contributed by atoms with Crippen LogP contribution in [0.1, 0.15) is 32.3 Å². The number of para-hydroxylation sites is 1. The first-order valence-electron chi connectivity index (χ1n) is 7.40. The van der Waals surface area contributed by atoms with E-state index in [-0.39, 0.29) is 5.91 Å². The molecule has 0 spiro atoms. The van der Waals surface area contributed by atoms with Gasteiger partial charge in [-0.05, 0) is 42.7 Å². The molecule has 0 heterocycles. The van der Waals surface area contributed by atoms with E-state index in [2.05, 4.69) is 19.2 Å². The number of hydrogen-bond donors (Lipinski definition) is 1. The van der Waals surface area contributed by atoms with Crippen LogP contribution in [0.25, 0.3) is 0 Å². The van der Waals surface area contributed by atoms with Crippen LogP contribution in [0.15, 0.2) is 47.4 Å². The predicted molar refractivity (Wildman–Crippen MR) is 90.8 cm³/mol. The van der Waals surface area contributed by atoms with Crippen LogP contribution in [0, 0.1) is 11.6 Å². The van der Waals surface area contributed by atoms with E-state index in [1.165, 1.54) is 17.8 Å². The van der Waals surface area contributed by atoms with Gasteiger partial charge in [-0.1, -0.05) is 32.0 Å². The highest BCUT2D eigenvalue weighted by Gasteiger charge is 2.17. The van der Waals surface area contributed by atoms with Crippen molar-refractivity contribution >= 4 is 23.4 Å². The van der Waals surface area contributed by atoms with Gasteiger partial charge in [0, 0.05) is 10.6 Å². The number of benzene rings is 2. The number of halogens is 2. The van der Waals surface area contributed by atoms with Crippen molar-refractivity contribution in [1.82, 2.24) is 0 Å². The second kappa shape index (κ2) is 7.59. The molecule has 1 N–H and O–H groups in total. The third-order valence-corrected chi connectivity index (χ3v) is 4.51.